The van der Waals surface area contributed by atoms with Gasteiger partial charge in [0.05, 0.1) is 22.9 Å². The number of carbonyl (C=O) groups excluding carboxylic acids is 2. The number of hydrogen-bond acceptors (Lipinski definition) is 5. The molecule has 0 saturated carbocycles. The van der Waals surface area contributed by atoms with E-state index < -0.39 is 5.91 Å². The monoisotopic (exact) mass is 551 g/mol. The molecule has 2 aromatic carbocycles. The van der Waals surface area contributed by atoms with Crippen LogP contribution in [0.4, 0.5) is 0 Å². The van der Waals surface area contributed by atoms with Crippen LogP contribution in [-0.2, 0) is 22.6 Å². The van der Waals surface area contributed by atoms with E-state index in [1.165, 1.54) is 6.92 Å². The van der Waals surface area contributed by atoms with Crippen LogP contribution < -0.4 is 21.1 Å². The van der Waals surface area contributed by atoms with Gasteiger partial charge in [-0.1, -0.05) is 42.4 Å². The number of ether oxygens (including phenoxy) is 1. The summed E-state index contributed by atoms with van der Waals surface area (Å²) in [6, 6.07) is 13.1. The Kier molecular flexibility index (Phi) is 10.2. The lowest BCUT2D eigenvalue weighted by Gasteiger charge is -2.21. The van der Waals surface area contributed by atoms with E-state index in [1.54, 1.807) is 6.07 Å². The molecular formula is C30H38ClN5O3. The molecule has 39 heavy (non-hydrogen) atoms. The van der Waals surface area contributed by atoms with E-state index in [-0.39, 0.29) is 30.5 Å². The van der Waals surface area contributed by atoms with Gasteiger partial charge in [0.2, 0.25) is 11.8 Å². The Labute approximate surface area is 235 Å². The molecule has 0 radical (unpaired) electrons. The number of carbonyl (C=O) groups is 2. The van der Waals surface area contributed by atoms with Crippen molar-refractivity contribution < 1.29 is 14.3 Å². The lowest BCUT2D eigenvalue weighted by atomic mass is 10.00. The third kappa shape index (κ3) is 8.35. The smallest absolute Gasteiger partial charge is 0.219 e. The molecule has 0 fully saturated rings. The number of nitrogens with two attached hydrogens (primary N) is 1. The number of benzene rings is 2. The van der Waals surface area contributed by atoms with E-state index in [1.807, 2.05) is 74.9 Å². The summed E-state index contributed by atoms with van der Waals surface area (Å²) in [7, 11) is 0. The number of nitrogens with zero attached hydrogens (tertiary/aromatic N) is 2. The second kappa shape index (κ2) is 13.3. The van der Waals surface area contributed by atoms with Crippen molar-refractivity contribution in [3.8, 4) is 17.0 Å². The Bertz CT molecular complexity index is 1320. The van der Waals surface area contributed by atoms with Crippen LogP contribution in [-0.4, -0.2) is 33.5 Å². The average Bonchev–Trinajstić information content (AvgIpc) is 3.29. The molecule has 3 aromatic rings. The van der Waals surface area contributed by atoms with Gasteiger partial charge in [-0.25, -0.2) is 4.98 Å². The average molecular weight is 552 g/mol. The van der Waals surface area contributed by atoms with Crippen LogP contribution in [0.3, 0.4) is 0 Å². The predicted molar refractivity (Wildman–Crippen MR) is 156 cm³/mol. The Hall–Kier alpha value is -3.78. The summed E-state index contributed by atoms with van der Waals surface area (Å²) in [6.07, 6.45) is 2.72. The van der Waals surface area contributed by atoms with Crippen molar-refractivity contribution in [3.63, 3.8) is 0 Å². The Balaban J connectivity index is 1.74. The Morgan fingerprint density at radius 3 is 2.38 bits per heavy atom. The molecule has 0 aliphatic carbocycles. The summed E-state index contributed by atoms with van der Waals surface area (Å²) < 4.78 is 7.75. The first-order chi connectivity index (χ1) is 18.5. The van der Waals surface area contributed by atoms with Crippen LogP contribution in [0.25, 0.3) is 17.0 Å². The summed E-state index contributed by atoms with van der Waals surface area (Å²) in [5.41, 5.74) is 9.82. The summed E-state index contributed by atoms with van der Waals surface area (Å²) >= 11 is 6.40. The molecular weight excluding hydrogens is 514 g/mol. The zero-order chi connectivity index (χ0) is 28.7. The molecule has 2 atom stereocenters. The molecule has 0 aliphatic rings. The highest BCUT2D eigenvalue weighted by atomic mass is 35.5. The molecule has 4 N–H and O–H groups in total. The Morgan fingerprint density at radius 1 is 1.13 bits per heavy atom. The van der Waals surface area contributed by atoms with Crippen LogP contribution in [0, 0.1) is 0 Å². The van der Waals surface area contributed by atoms with Gasteiger partial charge in [0.25, 0.3) is 0 Å². The minimum absolute atomic E-state index is 0.0118. The van der Waals surface area contributed by atoms with E-state index in [4.69, 9.17) is 27.1 Å². The number of halogens is 1. The molecule has 2 amide bonds. The summed E-state index contributed by atoms with van der Waals surface area (Å²) in [4.78, 5) is 28.1. The van der Waals surface area contributed by atoms with Crippen LogP contribution in [0.5, 0.6) is 5.75 Å². The van der Waals surface area contributed by atoms with Gasteiger partial charge in [0.1, 0.15) is 11.6 Å². The minimum Gasteiger partial charge on any atom is -0.489 e. The molecule has 3 rings (SSSR count). The zero-order valence-electron chi connectivity index (χ0n) is 23.3. The number of rotatable bonds is 13. The molecule has 1 aromatic heterocycles. The first-order valence-electron chi connectivity index (χ1n) is 13.1. The van der Waals surface area contributed by atoms with Gasteiger partial charge in [-0.05, 0) is 63.4 Å². The fourth-order valence-electron chi connectivity index (χ4n) is 4.42. The minimum atomic E-state index is -0.401. The van der Waals surface area contributed by atoms with Crippen LogP contribution in [0.2, 0.25) is 5.02 Å². The summed E-state index contributed by atoms with van der Waals surface area (Å²) in [6.45, 7) is 14.2. The molecule has 1 heterocycles. The SMILES string of the molecule is C=C(N[C@H](CC(N)=O)Cc1ccc(-c2cn(CC)c([C@@H](C)NC(C)=O)n2)cc1)c1ccc(OC(C)C)c(Cl)c1. The predicted octanol–water partition coefficient (Wildman–Crippen LogP) is 5.25. The molecule has 0 bridgehead atoms. The highest BCUT2D eigenvalue weighted by Gasteiger charge is 2.18. The fourth-order valence-corrected chi connectivity index (χ4v) is 4.64. The highest BCUT2D eigenvalue weighted by Crippen LogP contribution is 2.29. The maximum absolute atomic E-state index is 11.8. The standard InChI is InChI=1S/C30H38ClN5O3/c1-7-36-17-27(35-30(36)20(5)33-21(6)37)23-10-8-22(9-11-23)14-25(16-29(32)38)34-19(4)24-12-13-28(26(31)15-24)39-18(2)3/h8-13,15,17-18,20,25,34H,4,7,14,16H2,1-3,5-6H3,(H2,32,38)(H,33,37)/t20-,25+/m1/s1. The summed E-state index contributed by atoms with van der Waals surface area (Å²) in [5, 5.41) is 6.74. The number of aryl methyl sites for hydroxylation is 1. The largest absolute Gasteiger partial charge is 0.489 e. The number of aromatic nitrogens is 2. The Morgan fingerprint density at radius 2 is 1.82 bits per heavy atom. The molecule has 0 saturated heterocycles. The van der Waals surface area contributed by atoms with E-state index in [0.29, 0.717) is 22.9 Å². The van der Waals surface area contributed by atoms with Gasteiger partial charge in [0.15, 0.2) is 0 Å². The van der Waals surface area contributed by atoms with E-state index >= 15 is 0 Å². The molecule has 9 heteroatoms. The maximum Gasteiger partial charge on any atom is 0.219 e. The highest BCUT2D eigenvalue weighted by molar-refractivity contribution is 6.32. The van der Waals surface area contributed by atoms with Crippen molar-refractivity contribution in [3.05, 3.63) is 77.2 Å². The fraction of sp³-hybridized carbons (Fsp3) is 0.367. The number of nitrogens with one attached hydrogen (secondary N) is 2. The first kappa shape index (κ1) is 29.8. The second-order valence-corrected chi connectivity index (χ2v) is 10.3. The van der Waals surface area contributed by atoms with Crippen molar-refractivity contribution in [2.75, 3.05) is 0 Å². The summed E-state index contributed by atoms with van der Waals surface area (Å²) in [5.74, 6) is 0.917. The number of amides is 2. The van der Waals surface area contributed by atoms with Gasteiger partial charge >= 0.3 is 0 Å². The van der Waals surface area contributed by atoms with E-state index in [0.717, 1.165) is 34.8 Å². The zero-order valence-corrected chi connectivity index (χ0v) is 24.0. The van der Waals surface area contributed by atoms with Crippen molar-refractivity contribution in [2.24, 2.45) is 5.73 Å². The van der Waals surface area contributed by atoms with Gasteiger partial charge in [-0.3, -0.25) is 9.59 Å². The van der Waals surface area contributed by atoms with Gasteiger partial charge in [0, 0.05) is 43.4 Å². The second-order valence-electron chi connectivity index (χ2n) is 9.90. The van der Waals surface area contributed by atoms with Crippen molar-refractivity contribution in [1.29, 1.82) is 0 Å². The van der Waals surface area contributed by atoms with Crippen LogP contribution >= 0.6 is 11.6 Å². The number of imidazole rings is 1. The van der Waals surface area contributed by atoms with Crippen LogP contribution in [0.1, 0.15) is 64.0 Å². The number of primary amides is 1. The topological polar surface area (TPSA) is 111 Å². The third-order valence-corrected chi connectivity index (χ3v) is 6.45. The lowest BCUT2D eigenvalue weighted by Crippen LogP contribution is -2.34. The maximum atomic E-state index is 11.8. The van der Waals surface area contributed by atoms with Crippen molar-refractivity contribution >= 4 is 29.1 Å². The molecule has 0 aliphatic heterocycles. The van der Waals surface area contributed by atoms with Gasteiger partial charge in [-0.15, -0.1) is 0 Å². The van der Waals surface area contributed by atoms with E-state index in [2.05, 4.69) is 17.2 Å². The number of hydrogen-bond donors (Lipinski definition) is 3. The van der Waals surface area contributed by atoms with Crippen molar-refractivity contribution in [1.82, 2.24) is 20.2 Å². The van der Waals surface area contributed by atoms with Gasteiger partial charge < -0.3 is 25.7 Å². The molecule has 8 nitrogen and oxygen atoms in total. The molecule has 208 valence electrons. The van der Waals surface area contributed by atoms with E-state index in [9.17, 15) is 9.59 Å². The molecule has 0 unspecified atom stereocenters. The quantitative estimate of drug-likeness (QED) is 0.268. The third-order valence-electron chi connectivity index (χ3n) is 6.16. The first-order valence-corrected chi connectivity index (χ1v) is 13.5. The lowest BCUT2D eigenvalue weighted by molar-refractivity contribution is -0.120. The normalized spacial score (nSPS) is 12.6. The van der Waals surface area contributed by atoms with Crippen LogP contribution in [0.15, 0.2) is 55.2 Å². The molecule has 0 spiro atoms. The van der Waals surface area contributed by atoms with Gasteiger partial charge in [-0.2, -0.15) is 0 Å². The van der Waals surface area contributed by atoms with Crippen molar-refractivity contribution in [2.45, 2.75) is 72.2 Å².